The summed E-state index contributed by atoms with van der Waals surface area (Å²) in [5.74, 6) is 1.79. The number of thiophene rings is 2. The fourth-order valence-electron chi connectivity index (χ4n) is 11.1. The maximum absolute atomic E-state index is 6.94. The van der Waals surface area contributed by atoms with Crippen molar-refractivity contribution in [2.45, 2.75) is 0 Å². The van der Waals surface area contributed by atoms with Crippen molar-refractivity contribution in [2.75, 3.05) is 0 Å². The van der Waals surface area contributed by atoms with Crippen LogP contribution in [0.4, 0.5) is 0 Å². The monoisotopic (exact) mass is 926 g/mol. The molecule has 0 bridgehead atoms. The third kappa shape index (κ3) is 5.55. The lowest BCUT2D eigenvalue weighted by Gasteiger charge is -2.13. The van der Waals surface area contributed by atoms with E-state index in [0.717, 1.165) is 70.8 Å². The number of nitrogens with zero attached hydrogens (tertiary/aromatic N) is 4. The van der Waals surface area contributed by atoms with Crippen molar-refractivity contribution in [1.29, 1.82) is 0 Å². The van der Waals surface area contributed by atoms with Crippen LogP contribution in [0.25, 0.3) is 156 Å². The van der Waals surface area contributed by atoms with Crippen molar-refractivity contribution in [3.05, 3.63) is 206 Å². The van der Waals surface area contributed by atoms with Crippen LogP contribution in [0.3, 0.4) is 0 Å². The summed E-state index contributed by atoms with van der Waals surface area (Å²) in [6.07, 6.45) is 0. The average Bonchev–Trinajstić information content (AvgIpc) is 4.18. The minimum Gasteiger partial charge on any atom is -0.455 e. The summed E-state index contributed by atoms with van der Waals surface area (Å²) in [4.78, 5) is 16.3. The number of hydrogen-bond acceptors (Lipinski definition) is 6. The van der Waals surface area contributed by atoms with E-state index in [1.165, 1.54) is 68.0 Å². The molecule has 0 saturated carbocycles. The Labute approximate surface area is 406 Å². The highest BCUT2D eigenvalue weighted by atomic mass is 32.1. The van der Waals surface area contributed by atoms with E-state index in [9.17, 15) is 0 Å². The number of hydrogen-bond donors (Lipinski definition) is 0. The van der Waals surface area contributed by atoms with Gasteiger partial charge >= 0.3 is 0 Å². The predicted octanol–water partition coefficient (Wildman–Crippen LogP) is 18.1. The maximum atomic E-state index is 6.94. The van der Waals surface area contributed by atoms with Crippen LogP contribution in [-0.2, 0) is 0 Å². The Morgan fingerprint density at radius 3 is 1.69 bits per heavy atom. The molecule has 0 unspecified atom stereocenters. The van der Waals surface area contributed by atoms with E-state index in [1.807, 2.05) is 17.4 Å². The zero-order valence-corrected chi connectivity index (χ0v) is 38.8. The summed E-state index contributed by atoms with van der Waals surface area (Å²) in [5.41, 5.74) is 7.67. The molecule has 0 N–H and O–H groups in total. The molecule has 0 aliphatic carbocycles. The van der Waals surface area contributed by atoms with Gasteiger partial charge in [-0.3, -0.25) is 0 Å². The minimum atomic E-state index is 0.555. The molecule has 0 amide bonds. The number of rotatable bonds is 4. The standard InChI is InChI=1S/C63H34N4OS2/c1-3-14-37-33-52-48(29-35(37)12-1)49-30-36-13-2-4-15-38(36)34-53(49)67(52)41-25-26-42-40(28-41)32-51(59-58(42)46-18-5-8-21-54(46)68-59)63-65-61(39-24-27-57-50(31-39)44-17-7-9-22-55(44)69-57)64-62(66-63)47-20-11-19-45-43-16-6-10-23-56(43)70-60(45)47/h1-34H. The molecule has 5 aromatic heterocycles. The zero-order valence-electron chi connectivity index (χ0n) is 37.1. The fourth-order valence-corrected chi connectivity index (χ4v) is 13.4. The van der Waals surface area contributed by atoms with Crippen molar-refractivity contribution in [3.63, 3.8) is 0 Å². The SMILES string of the molecule is c1ccc2cc3c(cc2c1)c1cc2ccccc2cc1n3-c1ccc2c(c1)cc(-c1nc(-c3ccc4sc5ccccc5c4c3)nc(-c3cccc4c3sc3ccccc34)n1)c1oc3ccccc3c12. The number of furan rings is 1. The normalized spacial score (nSPS) is 12.3. The Morgan fingerprint density at radius 1 is 0.357 bits per heavy atom. The first-order valence-corrected chi connectivity index (χ1v) is 25.1. The molecule has 5 nitrogen and oxygen atoms in total. The van der Waals surface area contributed by atoms with E-state index in [2.05, 4.69) is 205 Å². The molecule has 0 aliphatic rings. The molecule has 0 spiro atoms. The van der Waals surface area contributed by atoms with Crippen LogP contribution >= 0.6 is 22.7 Å². The zero-order chi connectivity index (χ0) is 45.6. The fraction of sp³-hybridized carbons (Fsp3) is 0. The Bertz CT molecular complexity index is 4830. The highest BCUT2D eigenvalue weighted by molar-refractivity contribution is 7.26. The topological polar surface area (TPSA) is 56.7 Å². The first kappa shape index (κ1) is 38.2. The molecule has 11 aromatic carbocycles. The van der Waals surface area contributed by atoms with Gasteiger partial charge in [0.15, 0.2) is 17.5 Å². The van der Waals surface area contributed by atoms with Crippen LogP contribution in [0.15, 0.2) is 211 Å². The largest absolute Gasteiger partial charge is 0.455 e. The first-order valence-electron chi connectivity index (χ1n) is 23.5. The second-order valence-corrected chi connectivity index (χ2v) is 20.4. The van der Waals surface area contributed by atoms with Gasteiger partial charge in [-0.1, -0.05) is 121 Å². The third-order valence-electron chi connectivity index (χ3n) is 14.4. The molecule has 0 aliphatic heterocycles. The molecule has 16 rings (SSSR count). The van der Waals surface area contributed by atoms with Crippen LogP contribution in [0.1, 0.15) is 0 Å². The van der Waals surface area contributed by atoms with Gasteiger partial charge in [-0.05, 0) is 117 Å². The van der Waals surface area contributed by atoms with Crippen LogP contribution in [0.5, 0.6) is 0 Å². The van der Waals surface area contributed by atoms with Gasteiger partial charge in [0.2, 0.25) is 0 Å². The Morgan fingerprint density at radius 2 is 0.943 bits per heavy atom. The highest BCUT2D eigenvalue weighted by Gasteiger charge is 2.23. The van der Waals surface area contributed by atoms with Crippen LogP contribution < -0.4 is 0 Å². The van der Waals surface area contributed by atoms with Crippen molar-refractivity contribution >= 4 is 139 Å². The van der Waals surface area contributed by atoms with E-state index in [-0.39, 0.29) is 0 Å². The predicted molar refractivity (Wildman–Crippen MR) is 296 cm³/mol. The van der Waals surface area contributed by atoms with E-state index in [0.29, 0.717) is 17.5 Å². The minimum absolute atomic E-state index is 0.555. The summed E-state index contributed by atoms with van der Waals surface area (Å²) < 4.78 is 14.2. The molecule has 0 fully saturated rings. The van der Waals surface area contributed by atoms with Gasteiger partial charge in [-0.25, -0.2) is 15.0 Å². The molecule has 0 atom stereocenters. The molecule has 70 heavy (non-hydrogen) atoms. The van der Waals surface area contributed by atoms with Gasteiger partial charge in [0.1, 0.15) is 11.2 Å². The van der Waals surface area contributed by atoms with Crippen molar-refractivity contribution < 1.29 is 4.42 Å². The number of aromatic nitrogens is 4. The Balaban J connectivity index is 0.987. The molecule has 0 radical (unpaired) electrons. The van der Waals surface area contributed by atoms with Crippen molar-refractivity contribution in [2.24, 2.45) is 0 Å². The summed E-state index contributed by atoms with van der Waals surface area (Å²) >= 11 is 3.59. The summed E-state index contributed by atoms with van der Waals surface area (Å²) in [5, 5.41) is 16.4. The van der Waals surface area contributed by atoms with Gasteiger partial charge in [0.25, 0.3) is 0 Å². The second kappa shape index (κ2) is 14.4. The Kier molecular flexibility index (Phi) is 7.86. The number of para-hydroxylation sites is 1. The van der Waals surface area contributed by atoms with Crippen LogP contribution in [-0.4, -0.2) is 19.5 Å². The van der Waals surface area contributed by atoms with E-state index >= 15 is 0 Å². The lowest BCUT2D eigenvalue weighted by Crippen LogP contribution is -2.01. The number of fused-ring (bicyclic) bond motifs is 16. The Hall–Kier alpha value is -8.75. The molecule has 324 valence electrons. The molecular formula is C63H34N4OS2. The molecule has 5 heterocycles. The second-order valence-electron chi connectivity index (χ2n) is 18.3. The van der Waals surface area contributed by atoms with Crippen molar-refractivity contribution in [3.8, 4) is 39.9 Å². The first-order chi connectivity index (χ1) is 34.6. The van der Waals surface area contributed by atoms with Gasteiger partial charge in [0.05, 0.1) is 16.6 Å². The molecular weight excluding hydrogens is 893 g/mol. The van der Waals surface area contributed by atoms with Gasteiger partial charge in [-0.2, -0.15) is 0 Å². The number of benzene rings is 11. The smallest absolute Gasteiger partial charge is 0.167 e. The lowest BCUT2D eigenvalue weighted by atomic mass is 9.99. The maximum Gasteiger partial charge on any atom is 0.167 e. The van der Waals surface area contributed by atoms with Gasteiger partial charge in [-0.15, -0.1) is 22.7 Å². The van der Waals surface area contributed by atoms with Gasteiger partial charge < -0.3 is 8.98 Å². The molecule has 0 saturated heterocycles. The summed E-state index contributed by atoms with van der Waals surface area (Å²) in [6, 6.07) is 74.5. The van der Waals surface area contributed by atoms with Crippen molar-refractivity contribution in [1.82, 2.24) is 19.5 Å². The summed E-state index contributed by atoms with van der Waals surface area (Å²) in [6.45, 7) is 0. The van der Waals surface area contributed by atoms with E-state index in [4.69, 9.17) is 19.4 Å². The average molecular weight is 927 g/mol. The third-order valence-corrected chi connectivity index (χ3v) is 16.7. The highest BCUT2D eigenvalue weighted by Crippen LogP contribution is 2.45. The lowest BCUT2D eigenvalue weighted by molar-refractivity contribution is 0.670. The van der Waals surface area contributed by atoms with Crippen LogP contribution in [0.2, 0.25) is 0 Å². The van der Waals surface area contributed by atoms with Gasteiger partial charge in [0, 0.05) is 78.7 Å². The molecule has 16 aromatic rings. The summed E-state index contributed by atoms with van der Waals surface area (Å²) in [7, 11) is 0. The molecule has 7 heteroatoms. The van der Waals surface area contributed by atoms with Crippen LogP contribution in [0, 0.1) is 0 Å². The van der Waals surface area contributed by atoms with E-state index < -0.39 is 0 Å². The van der Waals surface area contributed by atoms with E-state index in [1.54, 1.807) is 11.3 Å². The quantitative estimate of drug-likeness (QED) is 0.176.